The second-order valence-electron chi connectivity index (χ2n) is 6.79. The molecule has 1 atom stereocenters. The van der Waals surface area contributed by atoms with Crippen LogP contribution in [0.4, 0.5) is 4.79 Å². The number of benzene rings is 1. The summed E-state index contributed by atoms with van der Waals surface area (Å²) in [6.07, 6.45) is -0.936. The van der Waals surface area contributed by atoms with Crippen molar-refractivity contribution in [2.75, 3.05) is 7.11 Å². The Balaban J connectivity index is 2.40. The van der Waals surface area contributed by atoms with Gasteiger partial charge in [0.2, 0.25) is 0 Å². The first kappa shape index (κ1) is 19.3. The number of nitrogens with zero attached hydrogens (tertiary/aromatic N) is 1. The first-order valence-electron chi connectivity index (χ1n) is 7.91. The molecule has 2 N–H and O–H groups in total. The quantitative estimate of drug-likeness (QED) is 0.624. The van der Waals surface area contributed by atoms with Gasteiger partial charge < -0.3 is 19.7 Å². The lowest BCUT2D eigenvalue weighted by Crippen LogP contribution is -2.45. The van der Waals surface area contributed by atoms with E-state index in [-0.39, 0.29) is 12.2 Å². The third-order valence-corrected chi connectivity index (χ3v) is 3.66. The molecule has 26 heavy (non-hydrogen) atoms. The highest BCUT2D eigenvalue weighted by Gasteiger charge is 2.48. The summed E-state index contributed by atoms with van der Waals surface area (Å²) in [4.78, 5) is 37.6. The molecule has 1 aliphatic heterocycles. The standard InChI is InChI=1S/C18H21NO7/c1-18(2,3)26-17(24)19-12(9-10-5-7-11(20)8-6-10)14(21)13(15(19)22)16(23)25-4/h5-8,12,20-21H,9H2,1-4H3/t12-/m0/s1. The molecule has 0 spiro atoms. The maximum Gasteiger partial charge on any atom is 0.418 e. The highest BCUT2D eigenvalue weighted by Crippen LogP contribution is 2.30. The number of phenols is 1. The average Bonchev–Trinajstić information content (AvgIpc) is 2.78. The van der Waals surface area contributed by atoms with Gasteiger partial charge in [-0.1, -0.05) is 12.1 Å². The number of carbonyl (C=O) groups is 3. The van der Waals surface area contributed by atoms with Crippen molar-refractivity contribution in [3.05, 3.63) is 41.2 Å². The summed E-state index contributed by atoms with van der Waals surface area (Å²) < 4.78 is 9.75. The summed E-state index contributed by atoms with van der Waals surface area (Å²) in [6, 6.07) is 4.92. The van der Waals surface area contributed by atoms with Crippen molar-refractivity contribution in [3.8, 4) is 5.75 Å². The molecule has 8 heteroatoms. The van der Waals surface area contributed by atoms with E-state index in [1.54, 1.807) is 32.9 Å². The van der Waals surface area contributed by atoms with Gasteiger partial charge in [0.05, 0.1) is 7.11 Å². The average molecular weight is 363 g/mol. The lowest BCUT2D eigenvalue weighted by atomic mass is 10.0. The topological polar surface area (TPSA) is 113 Å². The van der Waals surface area contributed by atoms with Crippen molar-refractivity contribution in [2.45, 2.75) is 38.8 Å². The van der Waals surface area contributed by atoms with Crippen molar-refractivity contribution in [1.29, 1.82) is 0 Å². The number of carbonyl (C=O) groups excluding carboxylic acids is 3. The van der Waals surface area contributed by atoms with Gasteiger partial charge in [0.15, 0.2) is 5.57 Å². The van der Waals surface area contributed by atoms with Gasteiger partial charge in [-0.05, 0) is 38.5 Å². The summed E-state index contributed by atoms with van der Waals surface area (Å²) in [5.74, 6) is -2.52. The second kappa shape index (κ2) is 7.07. The molecule has 0 aliphatic carbocycles. The van der Waals surface area contributed by atoms with E-state index >= 15 is 0 Å². The molecule has 1 heterocycles. The van der Waals surface area contributed by atoms with E-state index in [0.717, 1.165) is 7.11 Å². The molecule has 0 bridgehead atoms. The largest absolute Gasteiger partial charge is 0.509 e. The number of hydrogen-bond donors (Lipinski definition) is 2. The molecular weight excluding hydrogens is 342 g/mol. The van der Waals surface area contributed by atoms with Crippen molar-refractivity contribution >= 4 is 18.0 Å². The maximum absolute atomic E-state index is 12.6. The zero-order valence-electron chi connectivity index (χ0n) is 15.0. The maximum atomic E-state index is 12.6. The number of aromatic hydroxyl groups is 1. The van der Waals surface area contributed by atoms with Crippen LogP contribution in [0.15, 0.2) is 35.6 Å². The monoisotopic (exact) mass is 363 g/mol. The van der Waals surface area contributed by atoms with Crippen molar-refractivity contribution in [2.24, 2.45) is 0 Å². The summed E-state index contributed by atoms with van der Waals surface area (Å²) in [6.45, 7) is 4.90. The van der Waals surface area contributed by atoms with Crippen LogP contribution in [0.2, 0.25) is 0 Å². The third kappa shape index (κ3) is 3.96. The smallest absolute Gasteiger partial charge is 0.418 e. The predicted octanol–water partition coefficient (Wildman–Crippen LogP) is 2.07. The van der Waals surface area contributed by atoms with E-state index in [1.165, 1.54) is 12.1 Å². The predicted molar refractivity (Wildman–Crippen MR) is 90.3 cm³/mol. The minimum absolute atomic E-state index is 0.0393. The lowest BCUT2D eigenvalue weighted by molar-refractivity contribution is -0.139. The Bertz CT molecular complexity index is 759. The van der Waals surface area contributed by atoms with Crippen molar-refractivity contribution in [3.63, 3.8) is 0 Å². The molecule has 2 rings (SSSR count). The van der Waals surface area contributed by atoms with Crippen molar-refractivity contribution in [1.82, 2.24) is 4.90 Å². The van der Waals surface area contributed by atoms with Crippen LogP contribution in [0.5, 0.6) is 5.75 Å². The number of imide groups is 1. The number of esters is 1. The van der Waals surface area contributed by atoms with Gasteiger partial charge in [-0.15, -0.1) is 0 Å². The summed E-state index contributed by atoms with van der Waals surface area (Å²) in [7, 11) is 1.07. The van der Waals surface area contributed by atoms with E-state index in [2.05, 4.69) is 4.74 Å². The van der Waals surface area contributed by atoms with Crippen LogP contribution >= 0.6 is 0 Å². The number of rotatable bonds is 3. The fraction of sp³-hybridized carbons (Fsp3) is 0.389. The Hall–Kier alpha value is -3.03. The summed E-state index contributed by atoms with van der Waals surface area (Å²) in [5, 5.41) is 19.8. The Kier molecular flexibility index (Phi) is 5.25. The molecule has 0 saturated carbocycles. The van der Waals surface area contributed by atoms with Gasteiger partial charge in [0, 0.05) is 6.42 Å². The fourth-order valence-corrected chi connectivity index (χ4v) is 2.52. The number of methoxy groups -OCH3 is 1. The van der Waals surface area contributed by atoms with E-state index in [4.69, 9.17) is 4.74 Å². The van der Waals surface area contributed by atoms with Gasteiger partial charge in [0.25, 0.3) is 5.91 Å². The van der Waals surface area contributed by atoms with Gasteiger partial charge >= 0.3 is 12.1 Å². The molecule has 1 aromatic rings. The molecule has 0 fully saturated rings. The molecule has 140 valence electrons. The van der Waals surface area contributed by atoms with Crippen LogP contribution in [-0.4, -0.2) is 51.8 Å². The van der Waals surface area contributed by atoms with Crippen LogP contribution in [0.3, 0.4) is 0 Å². The van der Waals surface area contributed by atoms with E-state index < -0.39 is 40.9 Å². The normalized spacial score (nSPS) is 17.5. The van der Waals surface area contributed by atoms with Crippen LogP contribution in [-0.2, 0) is 25.5 Å². The van der Waals surface area contributed by atoms with E-state index in [0.29, 0.717) is 10.5 Å². The molecule has 2 amide bonds. The molecule has 1 aliphatic rings. The minimum atomic E-state index is -1.11. The number of aliphatic hydroxyl groups excluding tert-OH is 1. The van der Waals surface area contributed by atoms with E-state index in [1.807, 2.05) is 0 Å². The molecule has 0 radical (unpaired) electrons. The summed E-state index contributed by atoms with van der Waals surface area (Å²) >= 11 is 0. The molecule has 1 aromatic carbocycles. The van der Waals surface area contributed by atoms with Crippen molar-refractivity contribution < 1.29 is 34.1 Å². The minimum Gasteiger partial charge on any atom is -0.509 e. The highest BCUT2D eigenvalue weighted by molar-refractivity contribution is 6.22. The third-order valence-electron chi connectivity index (χ3n) is 3.66. The number of aliphatic hydroxyl groups is 1. The Morgan fingerprint density at radius 3 is 2.23 bits per heavy atom. The number of hydrogen-bond acceptors (Lipinski definition) is 7. The Labute approximate surface area is 150 Å². The van der Waals surface area contributed by atoms with Crippen LogP contribution in [0.1, 0.15) is 26.3 Å². The second-order valence-corrected chi connectivity index (χ2v) is 6.79. The van der Waals surface area contributed by atoms with Gasteiger partial charge in [-0.3, -0.25) is 4.79 Å². The fourth-order valence-electron chi connectivity index (χ4n) is 2.52. The Morgan fingerprint density at radius 2 is 1.73 bits per heavy atom. The first-order valence-corrected chi connectivity index (χ1v) is 7.91. The van der Waals surface area contributed by atoms with Crippen LogP contribution < -0.4 is 0 Å². The first-order chi connectivity index (χ1) is 12.0. The number of amides is 2. The zero-order chi connectivity index (χ0) is 19.6. The van der Waals surface area contributed by atoms with Gasteiger partial charge in [-0.25, -0.2) is 14.5 Å². The molecule has 0 saturated heterocycles. The molecule has 0 unspecified atom stereocenters. The highest BCUT2D eigenvalue weighted by atomic mass is 16.6. The van der Waals surface area contributed by atoms with Gasteiger partial charge in [0.1, 0.15) is 23.2 Å². The summed E-state index contributed by atoms with van der Waals surface area (Å²) in [5.41, 5.74) is -0.835. The van der Waals surface area contributed by atoms with Crippen LogP contribution in [0, 0.1) is 0 Å². The van der Waals surface area contributed by atoms with Crippen LogP contribution in [0.25, 0.3) is 0 Å². The number of phenolic OH excluding ortho intramolecular Hbond substituents is 1. The molecule has 8 nitrogen and oxygen atoms in total. The van der Waals surface area contributed by atoms with Gasteiger partial charge in [-0.2, -0.15) is 0 Å². The number of ether oxygens (including phenoxy) is 2. The Morgan fingerprint density at radius 1 is 1.15 bits per heavy atom. The SMILES string of the molecule is COC(=O)C1=C(O)[C@H](Cc2ccc(O)cc2)N(C(=O)OC(C)(C)C)C1=O. The molecule has 0 aromatic heterocycles. The molecular formula is C18H21NO7. The lowest BCUT2D eigenvalue weighted by Gasteiger charge is -2.27. The van der Waals surface area contributed by atoms with E-state index in [9.17, 15) is 24.6 Å². The zero-order valence-corrected chi connectivity index (χ0v) is 15.0.